The third-order valence-electron chi connectivity index (χ3n) is 5.56. The first-order valence-electron chi connectivity index (χ1n) is 8.19. The number of rotatable bonds is 3. The highest BCUT2D eigenvalue weighted by atomic mass is 15.3. The van der Waals surface area contributed by atoms with Gasteiger partial charge in [-0.25, -0.2) is 0 Å². The van der Waals surface area contributed by atoms with Gasteiger partial charge >= 0.3 is 0 Å². The van der Waals surface area contributed by atoms with Crippen LogP contribution in [0.3, 0.4) is 0 Å². The molecule has 3 fully saturated rings. The highest BCUT2D eigenvalue weighted by Gasteiger charge is 2.48. The fraction of sp³-hybridized carbons (Fsp3) is 0.938. The summed E-state index contributed by atoms with van der Waals surface area (Å²) >= 11 is 0. The van der Waals surface area contributed by atoms with Gasteiger partial charge in [-0.05, 0) is 55.8 Å². The summed E-state index contributed by atoms with van der Waals surface area (Å²) in [4.78, 5) is 6.98. The van der Waals surface area contributed by atoms with E-state index in [2.05, 4.69) is 22.1 Å². The van der Waals surface area contributed by atoms with E-state index in [-0.39, 0.29) is 0 Å². The van der Waals surface area contributed by atoms with Crippen LogP contribution in [0.1, 0.15) is 51.9 Å². The molecule has 3 aliphatic rings. The summed E-state index contributed by atoms with van der Waals surface area (Å²) in [5, 5.41) is 3.70. The van der Waals surface area contributed by atoms with E-state index in [4.69, 9.17) is 0 Å². The number of piperidine rings is 1. The molecule has 0 radical (unpaired) electrons. The predicted molar refractivity (Wildman–Crippen MR) is 80.3 cm³/mol. The Morgan fingerprint density at radius 2 is 2.05 bits per heavy atom. The molecule has 1 heterocycles. The minimum atomic E-state index is 0.636. The van der Waals surface area contributed by atoms with E-state index in [0.717, 1.165) is 24.3 Å². The van der Waals surface area contributed by atoms with E-state index >= 15 is 0 Å². The van der Waals surface area contributed by atoms with Gasteiger partial charge in [-0.3, -0.25) is 4.99 Å². The quantitative estimate of drug-likeness (QED) is 0.626. The number of aliphatic imine (C=N–C) groups is 1. The van der Waals surface area contributed by atoms with Crippen molar-refractivity contribution in [3.8, 4) is 0 Å². The van der Waals surface area contributed by atoms with Crippen molar-refractivity contribution in [3.05, 3.63) is 0 Å². The summed E-state index contributed by atoms with van der Waals surface area (Å²) in [6.45, 7) is 5.88. The fourth-order valence-corrected chi connectivity index (χ4v) is 4.03. The lowest BCUT2D eigenvalue weighted by Gasteiger charge is -2.44. The van der Waals surface area contributed by atoms with Crippen LogP contribution in [0.2, 0.25) is 0 Å². The van der Waals surface area contributed by atoms with Crippen LogP contribution in [0.25, 0.3) is 0 Å². The van der Waals surface area contributed by atoms with Gasteiger partial charge in [-0.1, -0.05) is 13.3 Å². The van der Waals surface area contributed by atoms with Gasteiger partial charge in [0, 0.05) is 26.7 Å². The summed E-state index contributed by atoms with van der Waals surface area (Å²) in [7, 11) is 1.94. The van der Waals surface area contributed by atoms with Crippen molar-refractivity contribution in [2.75, 3.05) is 26.7 Å². The second-order valence-corrected chi connectivity index (χ2v) is 7.08. The van der Waals surface area contributed by atoms with Gasteiger partial charge in [-0.2, -0.15) is 0 Å². The molecule has 1 atom stereocenters. The first-order valence-corrected chi connectivity index (χ1v) is 8.19. The van der Waals surface area contributed by atoms with E-state index in [1.54, 1.807) is 0 Å². The van der Waals surface area contributed by atoms with Crippen LogP contribution in [-0.2, 0) is 0 Å². The lowest BCUT2D eigenvalue weighted by Crippen LogP contribution is -2.51. The number of guanidine groups is 1. The van der Waals surface area contributed by atoms with Crippen LogP contribution >= 0.6 is 0 Å². The van der Waals surface area contributed by atoms with E-state index in [0.29, 0.717) is 5.41 Å². The maximum Gasteiger partial charge on any atom is 0.193 e. The average Bonchev–Trinajstić information content (AvgIpc) is 3.17. The minimum absolute atomic E-state index is 0.636. The average molecular weight is 263 g/mol. The Kier molecular flexibility index (Phi) is 3.72. The molecule has 1 N–H and O–H groups in total. The van der Waals surface area contributed by atoms with Crippen molar-refractivity contribution >= 4 is 5.96 Å². The Labute approximate surface area is 117 Å². The molecular weight excluding hydrogens is 234 g/mol. The number of hydrogen-bond donors (Lipinski definition) is 1. The number of nitrogens with one attached hydrogen (secondary N) is 1. The van der Waals surface area contributed by atoms with Crippen LogP contribution < -0.4 is 5.32 Å². The summed E-state index contributed by atoms with van der Waals surface area (Å²) in [6.07, 6.45) is 9.96. The first-order chi connectivity index (χ1) is 9.23. The van der Waals surface area contributed by atoms with Crippen molar-refractivity contribution in [1.82, 2.24) is 10.2 Å². The molecular formula is C16H29N3. The first kappa shape index (κ1) is 13.3. The van der Waals surface area contributed by atoms with Crippen molar-refractivity contribution in [3.63, 3.8) is 0 Å². The van der Waals surface area contributed by atoms with Gasteiger partial charge in [0.2, 0.25) is 0 Å². The Balaban J connectivity index is 1.55. The van der Waals surface area contributed by atoms with Gasteiger partial charge < -0.3 is 10.2 Å². The molecule has 3 heteroatoms. The smallest absolute Gasteiger partial charge is 0.193 e. The second kappa shape index (κ2) is 5.34. The molecule has 3 rings (SSSR count). The lowest BCUT2D eigenvalue weighted by atomic mass is 9.65. The maximum atomic E-state index is 4.52. The number of likely N-dealkylation sites (tertiary alicyclic amines) is 1. The molecule has 0 bridgehead atoms. The number of nitrogens with zero attached hydrogens (tertiary/aromatic N) is 2. The maximum absolute atomic E-state index is 4.52. The van der Waals surface area contributed by atoms with Gasteiger partial charge in [0.1, 0.15) is 0 Å². The third-order valence-corrected chi connectivity index (χ3v) is 5.56. The summed E-state index contributed by atoms with van der Waals surface area (Å²) in [5.41, 5.74) is 0.636. The minimum Gasteiger partial charge on any atom is -0.356 e. The fourth-order valence-electron chi connectivity index (χ4n) is 4.03. The summed E-state index contributed by atoms with van der Waals surface area (Å²) < 4.78 is 0. The van der Waals surface area contributed by atoms with Gasteiger partial charge in [0.15, 0.2) is 5.96 Å². The zero-order valence-electron chi connectivity index (χ0n) is 12.6. The molecule has 108 valence electrons. The van der Waals surface area contributed by atoms with E-state index in [9.17, 15) is 0 Å². The molecule has 1 aliphatic heterocycles. The van der Waals surface area contributed by atoms with E-state index in [1.165, 1.54) is 58.0 Å². The molecule has 1 unspecified atom stereocenters. The van der Waals surface area contributed by atoms with Crippen molar-refractivity contribution in [2.24, 2.45) is 22.2 Å². The van der Waals surface area contributed by atoms with Crippen molar-refractivity contribution in [1.29, 1.82) is 0 Å². The molecule has 2 saturated carbocycles. The predicted octanol–water partition coefficient (Wildman–Crippen LogP) is 2.87. The molecule has 0 aromatic rings. The third kappa shape index (κ3) is 2.75. The number of hydrogen-bond acceptors (Lipinski definition) is 1. The molecule has 2 aliphatic carbocycles. The second-order valence-electron chi connectivity index (χ2n) is 7.08. The van der Waals surface area contributed by atoms with E-state index in [1.807, 2.05) is 7.05 Å². The molecule has 0 aromatic carbocycles. The van der Waals surface area contributed by atoms with Crippen LogP contribution in [0.5, 0.6) is 0 Å². The van der Waals surface area contributed by atoms with Crippen LogP contribution in [-0.4, -0.2) is 37.5 Å². The SMILES string of the molecule is CN=C(NCC1(C2CC2)CCC1)N1CCCC(C)C1. The molecule has 0 spiro atoms. The van der Waals surface area contributed by atoms with Crippen LogP contribution in [0.4, 0.5) is 0 Å². The Morgan fingerprint density at radius 3 is 2.58 bits per heavy atom. The largest absolute Gasteiger partial charge is 0.356 e. The highest BCUT2D eigenvalue weighted by molar-refractivity contribution is 5.80. The van der Waals surface area contributed by atoms with Gasteiger partial charge in [0.25, 0.3) is 0 Å². The van der Waals surface area contributed by atoms with Crippen molar-refractivity contribution in [2.45, 2.75) is 51.9 Å². The molecule has 3 nitrogen and oxygen atoms in total. The van der Waals surface area contributed by atoms with Crippen LogP contribution in [0.15, 0.2) is 4.99 Å². The standard InChI is InChI=1S/C16H29N3/c1-13-5-3-10-19(11-13)15(17-2)18-12-16(8-4-9-16)14-6-7-14/h13-14H,3-12H2,1-2H3,(H,17,18). The zero-order chi connectivity index (χ0) is 13.3. The molecule has 1 saturated heterocycles. The Morgan fingerprint density at radius 1 is 1.26 bits per heavy atom. The van der Waals surface area contributed by atoms with Crippen molar-refractivity contribution < 1.29 is 0 Å². The molecule has 0 amide bonds. The molecule has 19 heavy (non-hydrogen) atoms. The Bertz CT molecular complexity index is 342. The van der Waals surface area contributed by atoms with E-state index < -0.39 is 0 Å². The van der Waals surface area contributed by atoms with Gasteiger partial charge in [0.05, 0.1) is 0 Å². The van der Waals surface area contributed by atoms with Gasteiger partial charge in [-0.15, -0.1) is 0 Å². The lowest BCUT2D eigenvalue weighted by molar-refractivity contribution is 0.104. The monoisotopic (exact) mass is 263 g/mol. The molecule has 0 aromatic heterocycles. The normalized spacial score (nSPS) is 30.9. The Hall–Kier alpha value is -0.730. The summed E-state index contributed by atoms with van der Waals surface area (Å²) in [6, 6.07) is 0. The topological polar surface area (TPSA) is 27.6 Å². The van der Waals surface area contributed by atoms with Crippen LogP contribution in [0, 0.1) is 17.3 Å². The highest BCUT2D eigenvalue weighted by Crippen LogP contribution is 2.56. The zero-order valence-corrected chi connectivity index (χ0v) is 12.6. The summed E-state index contributed by atoms with van der Waals surface area (Å²) in [5.74, 6) is 2.99.